The summed E-state index contributed by atoms with van der Waals surface area (Å²) >= 11 is 0. The van der Waals surface area contributed by atoms with Crippen LogP contribution in [0.4, 0.5) is 0 Å². The fraction of sp³-hybridized carbons (Fsp3) is 1.00. The van der Waals surface area contributed by atoms with Gasteiger partial charge in [-0.3, -0.25) is 0 Å². The summed E-state index contributed by atoms with van der Waals surface area (Å²) in [4.78, 5) is 0. The molecule has 0 N–H and O–H groups in total. The SMILES string of the molecule is CCC(C)C(CC)[SiH2]N(CC)CC. The molecule has 2 unspecified atom stereocenters. The molecular weight excluding hydrogens is 174 g/mol. The van der Waals surface area contributed by atoms with Crippen LogP contribution in [0.15, 0.2) is 0 Å². The van der Waals surface area contributed by atoms with Crippen molar-refractivity contribution in [1.82, 2.24) is 4.57 Å². The van der Waals surface area contributed by atoms with E-state index >= 15 is 0 Å². The third-order valence-corrected chi connectivity index (χ3v) is 6.62. The summed E-state index contributed by atoms with van der Waals surface area (Å²) in [7, 11) is 0.0141. The van der Waals surface area contributed by atoms with Gasteiger partial charge in [-0.05, 0) is 24.5 Å². The van der Waals surface area contributed by atoms with Crippen molar-refractivity contribution < 1.29 is 0 Å². The van der Waals surface area contributed by atoms with Crippen LogP contribution in [-0.2, 0) is 0 Å². The zero-order valence-corrected chi connectivity index (χ0v) is 11.6. The molecule has 0 spiro atoms. The van der Waals surface area contributed by atoms with E-state index in [0.717, 1.165) is 11.5 Å². The Morgan fingerprint density at radius 2 is 1.54 bits per heavy atom. The second kappa shape index (κ2) is 7.57. The zero-order valence-electron chi connectivity index (χ0n) is 10.1. The molecule has 0 aliphatic rings. The van der Waals surface area contributed by atoms with Gasteiger partial charge in [-0.2, -0.15) is 0 Å². The first-order chi connectivity index (χ1) is 6.19. The smallest absolute Gasteiger partial charge is 0.0983 e. The van der Waals surface area contributed by atoms with Crippen molar-refractivity contribution in [2.45, 2.75) is 53.0 Å². The van der Waals surface area contributed by atoms with Crippen LogP contribution in [0.25, 0.3) is 0 Å². The molecule has 0 aromatic carbocycles. The van der Waals surface area contributed by atoms with E-state index < -0.39 is 0 Å². The molecule has 0 amide bonds. The molecule has 2 atom stereocenters. The Hall–Kier alpha value is 0.177. The maximum atomic E-state index is 2.68. The summed E-state index contributed by atoms with van der Waals surface area (Å²) in [5.74, 6) is 0.942. The minimum atomic E-state index is 0.0141. The quantitative estimate of drug-likeness (QED) is 0.573. The van der Waals surface area contributed by atoms with E-state index in [4.69, 9.17) is 0 Å². The maximum Gasteiger partial charge on any atom is 0.0983 e. The Bertz CT molecular complexity index is 113. The van der Waals surface area contributed by atoms with Gasteiger partial charge in [0.1, 0.15) is 0 Å². The predicted molar refractivity (Wildman–Crippen MR) is 65.0 cm³/mol. The van der Waals surface area contributed by atoms with Gasteiger partial charge in [-0.25, -0.2) is 0 Å². The molecular formula is C11H27NSi. The van der Waals surface area contributed by atoms with Gasteiger partial charge in [-0.15, -0.1) is 0 Å². The summed E-state index contributed by atoms with van der Waals surface area (Å²) in [5, 5.41) is 0. The van der Waals surface area contributed by atoms with Crippen molar-refractivity contribution in [3.8, 4) is 0 Å². The lowest BCUT2D eigenvalue weighted by Crippen LogP contribution is -2.32. The first-order valence-electron chi connectivity index (χ1n) is 5.91. The molecule has 0 aliphatic heterocycles. The Labute approximate surface area is 86.8 Å². The Kier molecular flexibility index (Phi) is 7.67. The van der Waals surface area contributed by atoms with Crippen molar-refractivity contribution >= 4 is 9.68 Å². The van der Waals surface area contributed by atoms with Gasteiger partial charge < -0.3 is 4.57 Å². The lowest BCUT2D eigenvalue weighted by molar-refractivity contribution is 0.439. The summed E-state index contributed by atoms with van der Waals surface area (Å²) in [6, 6.07) is 0. The zero-order chi connectivity index (χ0) is 10.3. The summed E-state index contributed by atoms with van der Waals surface area (Å²) in [6.07, 6.45) is 2.74. The highest BCUT2D eigenvalue weighted by molar-refractivity contribution is 6.34. The van der Waals surface area contributed by atoms with E-state index in [1.54, 1.807) is 0 Å². The Morgan fingerprint density at radius 3 is 1.85 bits per heavy atom. The molecule has 0 saturated heterocycles. The molecule has 13 heavy (non-hydrogen) atoms. The van der Waals surface area contributed by atoms with Crippen LogP contribution in [0.2, 0.25) is 5.54 Å². The second-order valence-electron chi connectivity index (χ2n) is 4.04. The summed E-state index contributed by atoms with van der Waals surface area (Å²) < 4.78 is 2.68. The highest BCUT2D eigenvalue weighted by Crippen LogP contribution is 2.24. The van der Waals surface area contributed by atoms with Crippen LogP contribution >= 0.6 is 0 Å². The second-order valence-corrected chi connectivity index (χ2v) is 6.35. The number of rotatable bonds is 7. The van der Waals surface area contributed by atoms with Gasteiger partial charge in [0, 0.05) is 0 Å². The summed E-state index contributed by atoms with van der Waals surface area (Å²) in [6.45, 7) is 14.2. The minimum absolute atomic E-state index is 0.0141. The monoisotopic (exact) mass is 201 g/mol. The molecule has 80 valence electrons. The molecule has 2 heteroatoms. The van der Waals surface area contributed by atoms with E-state index in [1.807, 2.05) is 0 Å². The fourth-order valence-electron chi connectivity index (χ4n) is 1.86. The van der Waals surface area contributed by atoms with Crippen LogP contribution in [0.5, 0.6) is 0 Å². The van der Waals surface area contributed by atoms with Crippen molar-refractivity contribution in [3.05, 3.63) is 0 Å². The molecule has 0 saturated carbocycles. The molecule has 0 radical (unpaired) electrons. The van der Waals surface area contributed by atoms with E-state index in [9.17, 15) is 0 Å². The molecule has 1 nitrogen and oxygen atoms in total. The lowest BCUT2D eigenvalue weighted by Gasteiger charge is -2.27. The Morgan fingerprint density at radius 1 is 1.00 bits per heavy atom. The fourth-order valence-corrected chi connectivity index (χ4v) is 3.99. The molecule has 0 bridgehead atoms. The lowest BCUT2D eigenvalue weighted by atomic mass is 10.0. The van der Waals surface area contributed by atoms with Gasteiger partial charge in [0.25, 0.3) is 0 Å². The van der Waals surface area contributed by atoms with Crippen LogP contribution in [-0.4, -0.2) is 27.3 Å². The topological polar surface area (TPSA) is 3.24 Å². The van der Waals surface area contributed by atoms with Gasteiger partial charge in [0.15, 0.2) is 0 Å². The van der Waals surface area contributed by atoms with Gasteiger partial charge in [0.2, 0.25) is 0 Å². The van der Waals surface area contributed by atoms with Crippen LogP contribution in [0, 0.1) is 5.92 Å². The average Bonchev–Trinajstić information content (AvgIpc) is 2.19. The highest BCUT2D eigenvalue weighted by Gasteiger charge is 2.16. The molecule has 0 fully saturated rings. The van der Waals surface area contributed by atoms with Crippen molar-refractivity contribution in [1.29, 1.82) is 0 Å². The Balaban J connectivity index is 3.94. The highest BCUT2D eigenvalue weighted by atomic mass is 28.2. The largest absolute Gasteiger partial charge is 0.329 e. The normalized spacial score (nSPS) is 17.1. The average molecular weight is 201 g/mol. The van der Waals surface area contributed by atoms with E-state index in [0.29, 0.717) is 0 Å². The van der Waals surface area contributed by atoms with Gasteiger partial charge in [0.05, 0.1) is 9.68 Å². The molecule has 0 rings (SSSR count). The third-order valence-electron chi connectivity index (χ3n) is 3.36. The third kappa shape index (κ3) is 4.82. The molecule has 0 aliphatic carbocycles. The predicted octanol–water partition coefficient (Wildman–Crippen LogP) is 2.66. The number of hydrogen-bond donors (Lipinski definition) is 0. The summed E-state index contributed by atoms with van der Waals surface area (Å²) in [5.41, 5.74) is 1.03. The molecule has 0 aromatic rings. The van der Waals surface area contributed by atoms with Crippen LogP contribution < -0.4 is 0 Å². The van der Waals surface area contributed by atoms with E-state index in [1.165, 1.54) is 25.9 Å². The maximum absolute atomic E-state index is 2.68. The van der Waals surface area contributed by atoms with E-state index in [2.05, 4.69) is 39.2 Å². The van der Waals surface area contributed by atoms with Crippen molar-refractivity contribution in [3.63, 3.8) is 0 Å². The number of nitrogens with zero attached hydrogens (tertiary/aromatic N) is 1. The standard InChI is InChI=1S/C11H27NSi/c1-6-10(5)11(7-2)13-12(8-3)9-4/h10-11H,6-9,13H2,1-5H3. The first-order valence-corrected chi connectivity index (χ1v) is 7.36. The van der Waals surface area contributed by atoms with Crippen molar-refractivity contribution in [2.75, 3.05) is 13.1 Å². The van der Waals surface area contributed by atoms with Crippen LogP contribution in [0.3, 0.4) is 0 Å². The molecule has 0 aromatic heterocycles. The van der Waals surface area contributed by atoms with E-state index in [-0.39, 0.29) is 9.68 Å². The van der Waals surface area contributed by atoms with Gasteiger partial charge >= 0.3 is 0 Å². The molecule has 0 heterocycles. The van der Waals surface area contributed by atoms with Crippen molar-refractivity contribution in [2.24, 2.45) is 5.92 Å². The van der Waals surface area contributed by atoms with Crippen LogP contribution in [0.1, 0.15) is 47.5 Å². The minimum Gasteiger partial charge on any atom is -0.329 e. The number of hydrogen-bond acceptors (Lipinski definition) is 1. The van der Waals surface area contributed by atoms with Gasteiger partial charge in [-0.1, -0.05) is 47.5 Å². The first kappa shape index (κ1) is 13.2.